The molecule has 35 heavy (non-hydrogen) atoms. The molecule has 4 aromatic rings. The first-order chi connectivity index (χ1) is 17.0. The Morgan fingerprint density at radius 2 is 1.74 bits per heavy atom. The van der Waals surface area contributed by atoms with E-state index >= 15 is 0 Å². The minimum atomic E-state index is -0.853. The number of para-hydroxylation sites is 1. The predicted molar refractivity (Wildman–Crippen MR) is 136 cm³/mol. The van der Waals surface area contributed by atoms with Gasteiger partial charge in [-0.25, -0.2) is 0 Å². The van der Waals surface area contributed by atoms with E-state index in [0.29, 0.717) is 22.6 Å². The lowest BCUT2D eigenvalue weighted by Gasteiger charge is -2.26. The Bertz CT molecular complexity index is 1460. The number of methoxy groups -OCH3 is 2. The maximum atomic E-state index is 13.4. The Morgan fingerprint density at radius 1 is 0.943 bits per heavy atom. The number of aliphatic hydroxyl groups is 1. The van der Waals surface area contributed by atoms with Gasteiger partial charge >= 0.3 is 0 Å². The highest BCUT2D eigenvalue weighted by Gasteiger charge is 2.47. The summed E-state index contributed by atoms with van der Waals surface area (Å²) >= 11 is 1.50. The van der Waals surface area contributed by atoms with Gasteiger partial charge in [0.25, 0.3) is 11.7 Å². The van der Waals surface area contributed by atoms with Crippen LogP contribution in [0.1, 0.15) is 22.0 Å². The topological polar surface area (TPSA) is 76.1 Å². The summed E-state index contributed by atoms with van der Waals surface area (Å²) in [6.45, 7) is 0.224. The summed E-state index contributed by atoms with van der Waals surface area (Å²) in [5.41, 5.74) is 1.04. The van der Waals surface area contributed by atoms with Crippen LogP contribution in [0.3, 0.4) is 0 Å². The molecule has 1 fully saturated rings. The maximum absolute atomic E-state index is 13.4. The van der Waals surface area contributed by atoms with Gasteiger partial charge in [-0.05, 0) is 34.4 Å². The van der Waals surface area contributed by atoms with Crippen molar-refractivity contribution in [3.63, 3.8) is 0 Å². The van der Waals surface area contributed by atoms with Crippen LogP contribution in [0.25, 0.3) is 16.5 Å². The second kappa shape index (κ2) is 9.27. The molecule has 6 nitrogen and oxygen atoms in total. The Morgan fingerprint density at radius 3 is 2.46 bits per heavy atom. The number of benzene rings is 3. The van der Waals surface area contributed by atoms with Crippen molar-refractivity contribution < 1.29 is 24.2 Å². The van der Waals surface area contributed by atoms with Crippen molar-refractivity contribution in [2.75, 3.05) is 14.2 Å². The molecular formula is C28H23NO5S. The largest absolute Gasteiger partial charge is 0.507 e. The molecule has 0 radical (unpaired) electrons. The smallest absolute Gasteiger partial charge is 0.295 e. The van der Waals surface area contributed by atoms with Gasteiger partial charge in [0.05, 0.1) is 32.4 Å². The first kappa shape index (κ1) is 22.7. The molecule has 176 valence electrons. The zero-order valence-corrected chi connectivity index (χ0v) is 20.0. The van der Waals surface area contributed by atoms with E-state index in [9.17, 15) is 14.7 Å². The summed E-state index contributed by atoms with van der Waals surface area (Å²) < 4.78 is 11.1. The average molecular weight is 486 g/mol. The molecule has 0 bridgehead atoms. The molecule has 1 saturated heterocycles. The molecule has 7 heteroatoms. The molecular weight excluding hydrogens is 462 g/mol. The van der Waals surface area contributed by atoms with Crippen LogP contribution in [0, 0.1) is 0 Å². The molecule has 3 aromatic carbocycles. The third-order valence-corrected chi connectivity index (χ3v) is 7.06. The molecule has 0 spiro atoms. The zero-order chi connectivity index (χ0) is 24.5. The fraction of sp³-hybridized carbons (Fsp3) is 0.143. The molecule has 0 saturated carbocycles. The fourth-order valence-electron chi connectivity index (χ4n) is 4.56. The summed E-state index contributed by atoms with van der Waals surface area (Å²) in [4.78, 5) is 29.1. The molecule has 1 aliphatic heterocycles. The van der Waals surface area contributed by atoms with Crippen molar-refractivity contribution in [1.29, 1.82) is 0 Å². The number of carbonyl (C=O) groups excluding carboxylic acids is 2. The third-order valence-electron chi connectivity index (χ3n) is 6.20. The molecule has 2 heterocycles. The van der Waals surface area contributed by atoms with Crippen molar-refractivity contribution >= 4 is 39.6 Å². The fourth-order valence-corrected chi connectivity index (χ4v) is 5.26. The summed E-state index contributed by atoms with van der Waals surface area (Å²) in [7, 11) is 3.04. The highest BCUT2D eigenvalue weighted by molar-refractivity contribution is 7.09. The van der Waals surface area contributed by atoms with Crippen LogP contribution < -0.4 is 9.47 Å². The Labute approximate surface area is 206 Å². The normalized spacial score (nSPS) is 17.2. The summed E-state index contributed by atoms with van der Waals surface area (Å²) in [5, 5.41) is 15.3. The summed E-state index contributed by atoms with van der Waals surface area (Å²) in [5.74, 6) is -0.754. The molecule has 1 aliphatic rings. The number of fused-ring (bicyclic) bond motifs is 1. The molecule has 5 rings (SSSR count). The third kappa shape index (κ3) is 3.94. The Balaban J connectivity index is 1.73. The molecule has 1 unspecified atom stereocenters. The number of hydrogen-bond acceptors (Lipinski definition) is 6. The highest BCUT2D eigenvalue weighted by Crippen LogP contribution is 2.46. The summed E-state index contributed by atoms with van der Waals surface area (Å²) in [6, 6.07) is 21.5. The van der Waals surface area contributed by atoms with Crippen molar-refractivity contribution in [3.8, 4) is 11.5 Å². The maximum Gasteiger partial charge on any atom is 0.295 e. The number of nitrogens with zero attached hydrogens (tertiary/aromatic N) is 1. The number of aliphatic hydroxyl groups excluding tert-OH is 1. The minimum absolute atomic E-state index is 0.0217. The van der Waals surface area contributed by atoms with E-state index < -0.39 is 17.7 Å². The lowest BCUT2D eigenvalue weighted by molar-refractivity contribution is -0.140. The minimum Gasteiger partial charge on any atom is -0.507 e. The molecule has 1 atom stereocenters. The SMILES string of the molecule is COc1cccc(C2/C(=C(\O)c3ccc4ccccc4c3)C(=O)C(=O)N2Cc2cccs2)c1OC. The first-order valence-electron chi connectivity index (χ1n) is 11.0. The Kier molecular flexibility index (Phi) is 6.01. The number of ether oxygens (including phenoxy) is 2. The number of amides is 1. The van der Waals surface area contributed by atoms with Crippen LogP contribution in [0.4, 0.5) is 0 Å². The van der Waals surface area contributed by atoms with E-state index in [1.807, 2.05) is 53.9 Å². The molecule has 1 amide bonds. The number of hydrogen-bond donors (Lipinski definition) is 1. The van der Waals surface area contributed by atoms with Gasteiger partial charge in [-0.3, -0.25) is 9.59 Å². The second-order valence-electron chi connectivity index (χ2n) is 8.15. The van der Waals surface area contributed by atoms with E-state index in [0.717, 1.165) is 15.6 Å². The van der Waals surface area contributed by atoms with Gasteiger partial charge < -0.3 is 19.5 Å². The predicted octanol–water partition coefficient (Wildman–Crippen LogP) is 5.54. The van der Waals surface area contributed by atoms with Gasteiger partial charge in [-0.1, -0.05) is 54.6 Å². The number of ketones is 1. The number of thiophene rings is 1. The average Bonchev–Trinajstić information content (AvgIpc) is 3.49. The zero-order valence-electron chi connectivity index (χ0n) is 19.2. The standard InChI is InChI=1S/C28H23NO5S/c1-33-22-11-5-10-21(27(22)34-2)24-23(26(31)28(32)29(24)16-20-9-6-14-35-20)25(30)19-13-12-17-7-3-4-8-18(17)15-19/h3-15,24,30H,16H2,1-2H3/b25-23+. The van der Waals surface area contributed by atoms with E-state index in [2.05, 4.69) is 0 Å². The molecule has 0 aliphatic carbocycles. The molecule has 1 aromatic heterocycles. The lowest BCUT2D eigenvalue weighted by atomic mass is 9.93. The van der Waals surface area contributed by atoms with Crippen LogP contribution >= 0.6 is 11.3 Å². The lowest BCUT2D eigenvalue weighted by Crippen LogP contribution is -2.29. The number of likely N-dealkylation sites (tertiary alicyclic amines) is 1. The van der Waals surface area contributed by atoms with Crippen LogP contribution in [-0.4, -0.2) is 35.9 Å². The van der Waals surface area contributed by atoms with Crippen LogP contribution in [-0.2, 0) is 16.1 Å². The van der Waals surface area contributed by atoms with Gasteiger partial charge in [-0.15, -0.1) is 11.3 Å². The highest BCUT2D eigenvalue weighted by atomic mass is 32.1. The van der Waals surface area contributed by atoms with Crippen molar-refractivity contribution in [2.24, 2.45) is 0 Å². The van der Waals surface area contributed by atoms with Gasteiger partial charge in [0.1, 0.15) is 5.76 Å². The van der Waals surface area contributed by atoms with Gasteiger partial charge in [0.15, 0.2) is 11.5 Å². The van der Waals surface area contributed by atoms with Crippen molar-refractivity contribution in [2.45, 2.75) is 12.6 Å². The summed E-state index contributed by atoms with van der Waals surface area (Å²) in [6.07, 6.45) is 0. The van der Waals surface area contributed by atoms with Gasteiger partial charge in [-0.2, -0.15) is 0 Å². The number of rotatable bonds is 6. The van der Waals surface area contributed by atoms with Crippen LogP contribution in [0.15, 0.2) is 83.7 Å². The van der Waals surface area contributed by atoms with Crippen molar-refractivity contribution in [3.05, 3.63) is 99.8 Å². The van der Waals surface area contributed by atoms with E-state index in [1.165, 1.54) is 30.5 Å². The van der Waals surface area contributed by atoms with Gasteiger partial charge in [0, 0.05) is 16.0 Å². The van der Waals surface area contributed by atoms with Crippen molar-refractivity contribution in [1.82, 2.24) is 4.90 Å². The van der Waals surface area contributed by atoms with E-state index in [1.54, 1.807) is 24.3 Å². The monoisotopic (exact) mass is 485 g/mol. The number of carbonyl (C=O) groups is 2. The van der Waals surface area contributed by atoms with Crippen LogP contribution in [0.5, 0.6) is 11.5 Å². The van der Waals surface area contributed by atoms with E-state index in [4.69, 9.17) is 9.47 Å². The second-order valence-corrected chi connectivity index (χ2v) is 9.18. The Hall–Kier alpha value is -4.10. The quantitative estimate of drug-likeness (QED) is 0.220. The first-order valence-corrected chi connectivity index (χ1v) is 11.9. The van der Waals surface area contributed by atoms with Gasteiger partial charge in [0.2, 0.25) is 0 Å². The molecule has 1 N–H and O–H groups in total. The van der Waals surface area contributed by atoms with Crippen LogP contribution in [0.2, 0.25) is 0 Å². The van der Waals surface area contributed by atoms with E-state index in [-0.39, 0.29) is 17.9 Å². The number of Topliss-reactive ketones (excluding diaryl/α,β-unsaturated/α-hetero) is 1.